The quantitative estimate of drug-likeness (QED) is 0.896. The summed E-state index contributed by atoms with van der Waals surface area (Å²) in [6, 6.07) is 17.1. The van der Waals surface area contributed by atoms with Gasteiger partial charge in [-0.3, -0.25) is 4.79 Å². The number of carbonyl (C=O) groups is 1. The lowest BCUT2D eigenvalue weighted by Crippen LogP contribution is -2.43. The second-order valence-electron chi connectivity index (χ2n) is 6.10. The minimum Gasteiger partial charge on any atom is -0.378 e. The Hall–Kier alpha value is -2.29. The lowest BCUT2D eigenvalue weighted by Gasteiger charge is -2.39. The minimum absolute atomic E-state index is 0.105. The smallest absolute Gasteiger partial charge is 0.224 e. The van der Waals surface area contributed by atoms with Crippen molar-refractivity contribution in [1.29, 1.82) is 0 Å². The fourth-order valence-corrected chi connectivity index (χ4v) is 3.28. The molecule has 0 unspecified atom stereocenters. The van der Waals surface area contributed by atoms with Crippen LogP contribution in [0.4, 0.5) is 11.4 Å². The van der Waals surface area contributed by atoms with Crippen LogP contribution < -0.4 is 10.2 Å². The summed E-state index contributed by atoms with van der Waals surface area (Å²) in [4.78, 5) is 13.9. The van der Waals surface area contributed by atoms with Gasteiger partial charge in [-0.15, -0.1) is 0 Å². The van der Waals surface area contributed by atoms with E-state index in [1.54, 1.807) is 6.92 Å². The lowest BCUT2D eigenvalue weighted by atomic mass is 9.91. The molecule has 1 heterocycles. The molecular weight excluding hydrogens is 272 g/mol. The molecule has 0 saturated heterocycles. The van der Waals surface area contributed by atoms with Crippen LogP contribution in [-0.4, -0.2) is 11.9 Å². The fraction of sp³-hybridized carbons (Fsp3) is 0.316. The van der Waals surface area contributed by atoms with E-state index in [2.05, 4.69) is 49.5 Å². The van der Waals surface area contributed by atoms with E-state index < -0.39 is 0 Å². The third kappa shape index (κ3) is 2.71. The van der Waals surface area contributed by atoms with E-state index in [1.165, 1.54) is 11.1 Å². The SMILES string of the molecule is CC(=O)N1c2ccccc2[C@@H](Nc2ccc(C)cc2)C[C@@H]1C. The van der Waals surface area contributed by atoms with Gasteiger partial charge in [-0.05, 0) is 44.0 Å². The van der Waals surface area contributed by atoms with Gasteiger partial charge in [-0.2, -0.15) is 0 Å². The molecule has 2 aromatic rings. The summed E-state index contributed by atoms with van der Waals surface area (Å²) in [6.07, 6.45) is 0.907. The van der Waals surface area contributed by atoms with Crippen molar-refractivity contribution in [2.24, 2.45) is 0 Å². The molecule has 3 heteroatoms. The van der Waals surface area contributed by atoms with Crippen molar-refractivity contribution in [3.05, 3.63) is 59.7 Å². The Balaban J connectivity index is 1.94. The minimum atomic E-state index is 0.105. The predicted molar refractivity (Wildman–Crippen MR) is 91.2 cm³/mol. The third-order valence-electron chi connectivity index (χ3n) is 4.32. The molecule has 22 heavy (non-hydrogen) atoms. The highest BCUT2D eigenvalue weighted by molar-refractivity contribution is 5.93. The van der Waals surface area contributed by atoms with E-state index in [0.29, 0.717) is 0 Å². The van der Waals surface area contributed by atoms with Gasteiger partial charge < -0.3 is 10.2 Å². The Bertz CT molecular complexity index is 678. The number of para-hydroxylation sites is 1. The van der Waals surface area contributed by atoms with Crippen LogP contribution in [0.1, 0.15) is 37.4 Å². The van der Waals surface area contributed by atoms with E-state index in [1.807, 2.05) is 23.1 Å². The zero-order valence-electron chi connectivity index (χ0n) is 13.3. The number of hydrogen-bond donors (Lipinski definition) is 1. The van der Waals surface area contributed by atoms with Gasteiger partial charge in [0, 0.05) is 24.3 Å². The summed E-state index contributed by atoms with van der Waals surface area (Å²) in [7, 11) is 0. The van der Waals surface area contributed by atoms with Crippen LogP contribution in [0.2, 0.25) is 0 Å². The molecule has 1 aliphatic heterocycles. The topological polar surface area (TPSA) is 32.3 Å². The van der Waals surface area contributed by atoms with Gasteiger partial charge in [-0.1, -0.05) is 35.9 Å². The van der Waals surface area contributed by atoms with Gasteiger partial charge in [0.05, 0.1) is 6.04 Å². The summed E-state index contributed by atoms with van der Waals surface area (Å²) in [5.41, 5.74) is 4.59. The molecule has 1 aliphatic rings. The van der Waals surface area contributed by atoms with Crippen molar-refractivity contribution >= 4 is 17.3 Å². The number of nitrogens with zero attached hydrogens (tertiary/aromatic N) is 1. The fourth-order valence-electron chi connectivity index (χ4n) is 3.28. The first-order valence-electron chi connectivity index (χ1n) is 7.78. The highest BCUT2D eigenvalue weighted by atomic mass is 16.2. The average molecular weight is 294 g/mol. The number of aryl methyl sites for hydroxylation is 1. The molecule has 3 nitrogen and oxygen atoms in total. The van der Waals surface area contributed by atoms with E-state index in [4.69, 9.17) is 0 Å². The van der Waals surface area contributed by atoms with Crippen LogP contribution in [0.5, 0.6) is 0 Å². The number of anilines is 2. The summed E-state index contributed by atoms with van der Waals surface area (Å²) < 4.78 is 0. The third-order valence-corrected chi connectivity index (χ3v) is 4.32. The molecular formula is C19H22N2O. The largest absolute Gasteiger partial charge is 0.378 e. The second-order valence-corrected chi connectivity index (χ2v) is 6.10. The maximum Gasteiger partial charge on any atom is 0.224 e. The summed E-state index contributed by atoms with van der Waals surface area (Å²) >= 11 is 0. The number of carbonyl (C=O) groups excluding carboxylic acids is 1. The highest BCUT2D eigenvalue weighted by Crippen LogP contribution is 2.38. The van der Waals surface area contributed by atoms with E-state index in [0.717, 1.165) is 17.8 Å². The Labute approximate surface area is 132 Å². The van der Waals surface area contributed by atoms with E-state index in [-0.39, 0.29) is 18.0 Å². The maximum atomic E-state index is 12.0. The number of rotatable bonds is 2. The summed E-state index contributed by atoms with van der Waals surface area (Å²) in [5, 5.41) is 3.62. The van der Waals surface area contributed by atoms with Gasteiger partial charge in [0.25, 0.3) is 0 Å². The first-order chi connectivity index (χ1) is 10.6. The molecule has 0 aromatic heterocycles. The normalized spacial score (nSPS) is 20.4. The molecule has 114 valence electrons. The molecule has 0 radical (unpaired) electrons. The molecule has 0 saturated carbocycles. The van der Waals surface area contributed by atoms with Gasteiger partial charge in [0.2, 0.25) is 5.91 Å². The molecule has 2 aromatic carbocycles. The van der Waals surface area contributed by atoms with Crippen LogP contribution >= 0.6 is 0 Å². The highest BCUT2D eigenvalue weighted by Gasteiger charge is 2.31. The van der Waals surface area contributed by atoms with Crippen molar-refractivity contribution in [3.8, 4) is 0 Å². The van der Waals surface area contributed by atoms with Gasteiger partial charge >= 0.3 is 0 Å². The average Bonchev–Trinajstić information content (AvgIpc) is 2.49. The van der Waals surface area contributed by atoms with Crippen molar-refractivity contribution in [2.75, 3.05) is 10.2 Å². The molecule has 1 N–H and O–H groups in total. The number of nitrogens with one attached hydrogen (secondary N) is 1. The van der Waals surface area contributed by atoms with Crippen LogP contribution in [0.3, 0.4) is 0 Å². The Morgan fingerprint density at radius 3 is 2.50 bits per heavy atom. The van der Waals surface area contributed by atoms with Crippen molar-refractivity contribution in [1.82, 2.24) is 0 Å². The first-order valence-corrected chi connectivity index (χ1v) is 7.78. The number of amides is 1. The predicted octanol–water partition coefficient (Wildman–Crippen LogP) is 4.29. The molecule has 1 amide bonds. The van der Waals surface area contributed by atoms with Crippen LogP contribution in [-0.2, 0) is 4.79 Å². The molecule has 2 atom stereocenters. The Morgan fingerprint density at radius 1 is 1.14 bits per heavy atom. The van der Waals surface area contributed by atoms with Crippen molar-refractivity contribution in [3.63, 3.8) is 0 Å². The molecule has 0 spiro atoms. The second kappa shape index (κ2) is 5.84. The maximum absolute atomic E-state index is 12.0. The van der Waals surface area contributed by atoms with Gasteiger partial charge in [0.1, 0.15) is 0 Å². The van der Waals surface area contributed by atoms with Crippen LogP contribution in [0.25, 0.3) is 0 Å². The number of hydrogen-bond acceptors (Lipinski definition) is 2. The Kier molecular flexibility index (Phi) is 3.88. The van der Waals surface area contributed by atoms with Gasteiger partial charge in [0.15, 0.2) is 0 Å². The molecule has 0 aliphatic carbocycles. The number of benzene rings is 2. The van der Waals surface area contributed by atoms with E-state index in [9.17, 15) is 4.79 Å². The van der Waals surface area contributed by atoms with Crippen LogP contribution in [0.15, 0.2) is 48.5 Å². The molecule has 0 fully saturated rings. The molecule has 0 bridgehead atoms. The zero-order valence-corrected chi connectivity index (χ0v) is 13.3. The summed E-state index contributed by atoms with van der Waals surface area (Å²) in [6.45, 7) is 5.84. The van der Waals surface area contributed by atoms with Crippen molar-refractivity contribution < 1.29 is 4.79 Å². The lowest BCUT2D eigenvalue weighted by molar-refractivity contribution is -0.117. The molecule has 3 rings (SSSR count). The van der Waals surface area contributed by atoms with E-state index >= 15 is 0 Å². The van der Waals surface area contributed by atoms with Crippen molar-refractivity contribution in [2.45, 2.75) is 39.3 Å². The van der Waals surface area contributed by atoms with Gasteiger partial charge in [-0.25, -0.2) is 0 Å². The monoisotopic (exact) mass is 294 g/mol. The first kappa shape index (κ1) is 14.6. The Morgan fingerprint density at radius 2 is 1.82 bits per heavy atom. The summed E-state index contributed by atoms with van der Waals surface area (Å²) in [5.74, 6) is 0.105. The standard InChI is InChI=1S/C19H22N2O/c1-13-8-10-16(11-9-13)20-18-12-14(2)21(15(3)22)19-7-5-4-6-17(18)19/h4-11,14,18,20H,12H2,1-3H3/t14-,18-/m0/s1. The zero-order chi connectivity index (χ0) is 15.7. The van der Waals surface area contributed by atoms with Crippen LogP contribution in [0, 0.1) is 6.92 Å². The number of fused-ring (bicyclic) bond motifs is 1.